The second-order valence-corrected chi connectivity index (χ2v) is 6.40. The summed E-state index contributed by atoms with van der Waals surface area (Å²) in [6, 6.07) is 4.36. The first-order valence-electron chi connectivity index (χ1n) is 7.26. The molecule has 0 aliphatic carbocycles. The van der Waals surface area contributed by atoms with Crippen LogP contribution < -0.4 is 10.5 Å². The van der Waals surface area contributed by atoms with E-state index in [1.165, 1.54) is 29.5 Å². The van der Waals surface area contributed by atoms with Gasteiger partial charge in [0.1, 0.15) is 5.75 Å². The molecule has 0 saturated carbocycles. The minimum atomic E-state index is 0.260. The van der Waals surface area contributed by atoms with E-state index in [0.29, 0.717) is 0 Å². The van der Waals surface area contributed by atoms with E-state index in [2.05, 4.69) is 46.8 Å². The van der Waals surface area contributed by atoms with Crippen molar-refractivity contribution >= 4 is 0 Å². The zero-order chi connectivity index (χ0) is 14.5. The molecule has 0 saturated heterocycles. The Kier molecular flexibility index (Phi) is 5.86. The summed E-state index contributed by atoms with van der Waals surface area (Å²) in [4.78, 5) is 0. The summed E-state index contributed by atoms with van der Waals surface area (Å²) in [6.07, 6.45) is 3.43. The molecule has 1 rings (SSSR count). The van der Waals surface area contributed by atoms with E-state index in [1.807, 2.05) is 0 Å². The molecular formula is C17H29NO. The number of unbranched alkanes of at least 4 members (excludes halogenated alkanes) is 1. The number of aryl methyl sites for hydroxylation is 3. The monoisotopic (exact) mass is 263 g/mol. The lowest BCUT2D eigenvalue weighted by molar-refractivity contribution is 0.276. The van der Waals surface area contributed by atoms with E-state index in [4.69, 9.17) is 10.5 Å². The lowest BCUT2D eigenvalue weighted by Gasteiger charge is -2.22. The maximum Gasteiger partial charge on any atom is 0.125 e. The smallest absolute Gasteiger partial charge is 0.125 e. The number of hydrogen-bond acceptors (Lipinski definition) is 2. The molecule has 0 atom stereocenters. The van der Waals surface area contributed by atoms with Gasteiger partial charge in [0.15, 0.2) is 0 Å². The number of rotatable bonds is 7. The molecule has 0 radical (unpaired) electrons. The van der Waals surface area contributed by atoms with Gasteiger partial charge >= 0.3 is 0 Å². The first kappa shape index (κ1) is 16.0. The molecule has 0 amide bonds. The van der Waals surface area contributed by atoms with Crippen LogP contribution in [0.4, 0.5) is 0 Å². The van der Waals surface area contributed by atoms with Gasteiger partial charge in [0.25, 0.3) is 0 Å². The van der Waals surface area contributed by atoms with E-state index >= 15 is 0 Å². The predicted octanol–water partition coefficient (Wildman–Crippen LogP) is 4.15. The molecule has 2 heteroatoms. The van der Waals surface area contributed by atoms with Gasteiger partial charge in [0.05, 0.1) is 6.61 Å². The minimum absolute atomic E-state index is 0.260. The lowest BCUT2D eigenvalue weighted by Crippen LogP contribution is -2.23. The summed E-state index contributed by atoms with van der Waals surface area (Å²) < 4.78 is 5.94. The third-order valence-corrected chi connectivity index (χ3v) is 3.65. The Morgan fingerprint density at radius 3 is 2.16 bits per heavy atom. The summed E-state index contributed by atoms with van der Waals surface area (Å²) in [6.45, 7) is 12.4. The topological polar surface area (TPSA) is 35.2 Å². The fraction of sp³-hybridized carbons (Fsp3) is 0.647. The maximum atomic E-state index is 5.94. The summed E-state index contributed by atoms with van der Waals surface area (Å²) >= 11 is 0. The van der Waals surface area contributed by atoms with Crippen LogP contribution in [0.1, 0.15) is 49.8 Å². The molecule has 0 aliphatic rings. The largest absolute Gasteiger partial charge is 0.493 e. The van der Waals surface area contributed by atoms with E-state index in [0.717, 1.165) is 25.3 Å². The van der Waals surface area contributed by atoms with Crippen molar-refractivity contribution in [3.8, 4) is 5.75 Å². The van der Waals surface area contributed by atoms with Crippen LogP contribution in [0.15, 0.2) is 12.1 Å². The molecule has 0 unspecified atom stereocenters. The molecule has 2 N–H and O–H groups in total. The van der Waals surface area contributed by atoms with Gasteiger partial charge in [-0.15, -0.1) is 0 Å². The van der Waals surface area contributed by atoms with Gasteiger partial charge in [0, 0.05) is 0 Å². The predicted molar refractivity (Wildman–Crippen MR) is 82.8 cm³/mol. The van der Waals surface area contributed by atoms with Crippen molar-refractivity contribution in [1.29, 1.82) is 0 Å². The van der Waals surface area contributed by atoms with E-state index in [9.17, 15) is 0 Å². The molecular weight excluding hydrogens is 234 g/mol. The first-order chi connectivity index (χ1) is 8.85. The van der Waals surface area contributed by atoms with Crippen LogP contribution >= 0.6 is 0 Å². The highest BCUT2D eigenvalue weighted by Gasteiger charge is 2.14. The van der Waals surface area contributed by atoms with Crippen LogP contribution in [-0.4, -0.2) is 13.2 Å². The lowest BCUT2D eigenvalue weighted by atomic mass is 9.87. The van der Waals surface area contributed by atoms with Crippen LogP contribution in [0.2, 0.25) is 0 Å². The fourth-order valence-electron chi connectivity index (χ4n) is 2.38. The van der Waals surface area contributed by atoms with Gasteiger partial charge in [-0.3, -0.25) is 0 Å². The fourth-order valence-corrected chi connectivity index (χ4v) is 2.38. The maximum absolute atomic E-state index is 5.94. The SMILES string of the molecule is Cc1cc(C)c(OCCCCC(C)(C)CN)c(C)c1. The van der Waals surface area contributed by atoms with Crippen LogP contribution in [0.3, 0.4) is 0 Å². The molecule has 1 aromatic rings. The van der Waals surface area contributed by atoms with Crippen molar-refractivity contribution in [2.75, 3.05) is 13.2 Å². The van der Waals surface area contributed by atoms with Gasteiger partial charge in [-0.2, -0.15) is 0 Å². The van der Waals surface area contributed by atoms with E-state index in [1.54, 1.807) is 0 Å². The van der Waals surface area contributed by atoms with Crippen molar-refractivity contribution in [3.63, 3.8) is 0 Å². The van der Waals surface area contributed by atoms with Gasteiger partial charge < -0.3 is 10.5 Å². The third-order valence-electron chi connectivity index (χ3n) is 3.65. The van der Waals surface area contributed by atoms with Crippen LogP contribution in [-0.2, 0) is 0 Å². The van der Waals surface area contributed by atoms with Crippen molar-refractivity contribution in [1.82, 2.24) is 0 Å². The van der Waals surface area contributed by atoms with Crippen LogP contribution in [0, 0.1) is 26.2 Å². The standard InChI is InChI=1S/C17H29NO/c1-13-10-14(2)16(15(3)11-13)19-9-7-6-8-17(4,5)12-18/h10-11H,6-9,12,18H2,1-5H3. The van der Waals surface area contributed by atoms with Crippen LogP contribution in [0.25, 0.3) is 0 Å². The normalized spacial score (nSPS) is 11.7. The number of nitrogens with two attached hydrogens (primary N) is 1. The summed E-state index contributed by atoms with van der Waals surface area (Å²) in [5.41, 5.74) is 9.76. The Morgan fingerprint density at radius 2 is 1.63 bits per heavy atom. The molecule has 0 heterocycles. The Morgan fingerprint density at radius 1 is 1.05 bits per heavy atom. The quantitative estimate of drug-likeness (QED) is 0.750. The second kappa shape index (κ2) is 6.95. The molecule has 2 nitrogen and oxygen atoms in total. The van der Waals surface area contributed by atoms with Crippen molar-refractivity contribution < 1.29 is 4.74 Å². The Bertz CT molecular complexity index is 387. The second-order valence-electron chi connectivity index (χ2n) is 6.40. The highest BCUT2D eigenvalue weighted by atomic mass is 16.5. The molecule has 0 aliphatic heterocycles. The van der Waals surface area contributed by atoms with Gasteiger partial charge in [-0.25, -0.2) is 0 Å². The molecule has 0 aromatic heterocycles. The molecule has 19 heavy (non-hydrogen) atoms. The zero-order valence-electron chi connectivity index (χ0n) is 13.2. The summed E-state index contributed by atoms with van der Waals surface area (Å²) in [5, 5.41) is 0. The Hall–Kier alpha value is -1.02. The number of ether oxygens (including phenoxy) is 1. The third kappa shape index (κ3) is 5.23. The minimum Gasteiger partial charge on any atom is -0.493 e. The Labute approximate surface area is 118 Å². The summed E-state index contributed by atoms with van der Waals surface area (Å²) in [7, 11) is 0. The van der Waals surface area contributed by atoms with Crippen molar-refractivity contribution in [2.24, 2.45) is 11.1 Å². The van der Waals surface area contributed by atoms with Crippen LogP contribution in [0.5, 0.6) is 5.75 Å². The van der Waals surface area contributed by atoms with Crippen molar-refractivity contribution in [2.45, 2.75) is 53.9 Å². The first-order valence-corrected chi connectivity index (χ1v) is 7.26. The van der Waals surface area contributed by atoms with Gasteiger partial charge in [-0.05, 0) is 63.1 Å². The molecule has 1 aromatic carbocycles. The highest BCUT2D eigenvalue weighted by molar-refractivity contribution is 5.42. The van der Waals surface area contributed by atoms with Crippen molar-refractivity contribution in [3.05, 3.63) is 28.8 Å². The van der Waals surface area contributed by atoms with Gasteiger partial charge in [0.2, 0.25) is 0 Å². The number of benzene rings is 1. The highest BCUT2D eigenvalue weighted by Crippen LogP contribution is 2.25. The molecule has 0 spiro atoms. The molecule has 108 valence electrons. The van der Waals surface area contributed by atoms with E-state index < -0.39 is 0 Å². The number of hydrogen-bond donors (Lipinski definition) is 1. The summed E-state index contributed by atoms with van der Waals surface area (Å²) in [5.74, 6) is 1.06. The molecule has 0 fully saturated rings. The zero-order valence-corrected chi connectivity index (χ0v) is 13.2. The average Bonchev–Trinajstić information content (AvgIpc) is 2.31. The van der Waals surface area contributed by atoms with Gasteiger partial charge in [-0.1, -0.05) is 31.5 Å². The average molecular weight is 263 g/mol. The molecule has 0 bridgehead atoms. The Balaban J connectivity index is 2.38. The van der Waals surface area contributed by atoms with E-state index in [-0.39, 0.29) is 5.41 Å².